The highest BCUT2D eigenvalue weighted by molar-refractivity contribution is 5.88. The zero-order valence-electron chi connectivity index (χ0n) is 18.2. The minimum atomic E-state index is -0.260. The Kier molecular flexibility index (Phi) is 5.59. The van der Waals surface area contributed by atoms with Crippen LogP contribution in [0, 0.1) is 0 Å². The second-order valence-corrected chi connectivity index (χ2v) is 8.30. The summed E-state index contributed by atoms with van der Waals surface area (Å²) in [6.07, 6.45) is 1.41. The monoisotopic (exact) mass is 454 g/mol. The molecule has 2 aromatic carbocycles. The first-order chi connectivity index (χ1) is 16.2. The largest absolute Gasteiger partial charge is 0.497 e. The van der Waals surface area contributed by atoms with Gasteiger partial charge in [-0.25, -0.2) is 14.8 Å². The summed E-state index contributed by atoms with van der Waals surface area (Å²) < 4.78 is 8.26. The second kappa shape index (κ2) is 8.72. The van der Waals surface area contributed by atoms with Crippen LogP contribution in [-0.4, -0.2) is 36.2 Å². The molecule has 0 radical (unpaired) electrons. The zero-order chi connectivity index (χ0) is 22.4. The molecule has 0 saturated heterocycles. The maximum Gasteiger partial charge on any atom is 0.352 e. The number of fused-ring (bicyclic) bond motifs is 4. The molecule has 0 bridgehead atoms. The number of hydrogen-bond acceptors (Lipinski definition) is 6. The Morgan fingerprint density at radius 1 is 0.912 bits per heavy atom. The molecule has 0 fully saturated rings. The first-order valence-corrected chi connectivity index (χ1v) is 10.8. The van der Waals surface area contributed by atoms with Crippen molar-refractivity contribution in [1.82, 2.24) is 29.0 Å². The van der Waals surface area contributed by atoms with Crippen LogP contribution in [0.5, 0.6) is 5.75 Å². The van der Waals surface area contributed by atoms with E-state index < -0.39 is 0 Å². The maximum absolute atomic E-state index is 13.3. The Bertz CT molecular complexity index is 1510. The van der Waals surface area contributed by atoms with Crippen molar-refractivity contribution >= 4 is 16.7 Å². The van der Waals surface area contributed by atoms with Gasteiger partial charge in [-0.15, -0.1) is 0 Å². The van der Waals surface area contributed by atoms with Crippen molar-refractivity contribution in [2.24, 2.45) is 0 Å². The van der Waals surface area contributed by atoms with Crippen molar-refractivity contribution in [2.45, 2.75) is 33.6 Å². The SMILES string of the molecule is C.COc1ccc(Cn2c(=O)n3ncnc3c3ccc(CN4Cc5ccccc5C4)nc32)cc1. The lowest BCUT2D eigenvalue weighted by molar-refractivity contribution is 0.272. The van der Waals surface area contributed by atoms with Crippen molar-refractivity contribution in [2.75, 3.05) is 7.11 Å². The van der Waals surface area contributed by atoms with Gasteiger partial charge in [0.15, 0.2) is 5.65 Å². The van der Waals surface area contributed by atoms with Crippen LogP contribution in [0.15, 0.2) is 71.8 Å². The molecule has 0 N–H and O–H groups in total. The van der Waals surface area contributed by atoms with Crippen molar-refractivity contribution in [1.29, 1.82) is 0 Å². The number of hydrogen-bond donors (Lipinski definition) is 0. The molecule has 3 aromatic heterocycles. The van der Waals surface area contributed by atoms with Crippen LogP contribution in [-0.2, 0) is 26.2 Å². The van der Waals surface area contributed by atoms with Crippen LogP contribution in [0.2, 0.25) is 0 Å². The molecule has 0 aliphatic carbocycles. The standard InChI is InChI=1S/C25H22N6O2.CH4/c1-33-21-9-6-17(7-10-21)12-30-24-22(23-26-16-27-31(23)25(30)32)11-8-20(28-24)15-29-13-18-4-2-3-5-19(18)14-29;/h2-11,16H,12-15H2,1H3;1H4. The van der Waals surface area contributed by atoms with E-state index in [-0.39, 0.29) is 13.1 Å². The van der Waals surface area contributed by atoms with Gasteiger partial charge in [0.2, 0.25) is 0 Å². The van der Waals surface area contributed by atoms with E-state index >= 15 is 0 Å². The van der Waals surface area contributed by atoms with Gasteiger partial charge in [0.05, 0.1) is 24.7 Å². The quantitative estimate of drug-likeness (QED) is 0.404. The number of ether oxygens (including phenoxy) is 1. The fraction of sp³-hybridized carbons (Fsp3) is 0.231. The number of methoxy groups -OCH3 is 1. The number of pyridine rings is 1. The van der Waals surface area contributed by atoms with Crippen molar-refractivity contribution in [3.8, 4) is 5.75 Å². The van der Waals surface area contributed by atoms with Crippen LogP contribution in [0.4, 0.5) is 0 Å². The topological polar surface area (TPSA) is 77.5 Å². The highest BCUT2D eigenvalue weighted by Crippen LogP contribution is 2.24. The van der Waals surface area contributed by atoms with E-state index in [4.69, 9.17) is 9.72 Å². The van der Waals surface area contributed by atoms with Gasteiger partial charge in [0.1, 0.15) is 17.7 Å². The van der Waals surface area contributed by atoms with E-state index in [1.165, 1.54) is 22.0 Å². The molecule has 0 amide bonds. The zero-order valence-corrected chi connectivity index (χ0v) is 18.2. The van der Waals surface area contributed by atoms with Crippen LogP contribution in [0.3, 0.4) is 0 Å². The van der Waals surface area contributed by atoms with Crippen LogP contribution >= 0.6 is 0 Å². The first-order valence-electron chi connectivity index (χ1n) is 10.8. The van der Waals surface area contributed by atoms with E-state index in [0.29, 0.717) is 24.4 Å². The lowest BCUT2D eigenvalue weighted by Crippen LogP contribution is -2.29. The van der Waals surface area contributed by atoms with Gasteiger partial charge < -0.3 is 4.74 Å². The average Bonchev–Trinajstić information content (AvgIpc) is 3.49. The van der Waals surface area contributed by atoms with Crippen LogP contribution in [0.1, 0.15) is 29.8 Å². The Labute approximate surface area is 197 Å². The average molecular weight is 455 g/mol. The molecule has 8 nitrogen and oxygen atoms in total. The summed E-state index contributed by atoms with van der Waals surface area (Å²) >= 11 is 0. The predicted molar refractivity (Wildman–Crippen MR) is 131 cm³/mol. The van der Waals surface area contributed by atoms with Crippen molar-refractivity contribution in [3.63, 3.8) is 0 Å². The van der Waals surface area contributed by atoms with E-state index in [1.807, 2.05) is 36.4 Å². The molecular weight excluding hydrogens is 428 g/mol. The molecule has 5 aromatic rings. The maximum atomic E-state index is 13.3. The number of rotatable bonds is 5. The summed E-state index contributed by atoms with van der Waals surface area (Å²) in [7, 11) is 1.63. The third-order valence-electron chi connectivity index (χ3n) is 6.18. The lowest BCUT2D eigenvalue weighted by atomic mass is 10.1. The Morgan fingerprint density at radius 3 is 2.35 bits per heavy atom. The molecule has 1 aliphatic heterocycles. The Morgan fingerprint density at radius 2 is 1.65 bits per heavy atom. The van der Waals surface area contributed by atoms with Crippen LogP contribution in [0.25, 0.3) is 16.7 Å². The molecule has 1 aliphatic rings. The molecule has 0 atom stereocenters. The third kappa shape index (κ3) is 3.72. The highest BCUT2D eigenvalue weighted by Gasteiger charge is 2.20. The number of benzene rings is 2. The van der Waals surface area contributed by atoms with E-state index in [9.17, 15) is 4.79 Å². The van der Waals surface area contributed by atoms with E-state index in [2.05, 4.69) is 39.2 Å². The highest BCUT2D eigenvalue weighted by atomic mass is 16.5. The fourth-order valence-corrected chi connectivity index (χ4v) is 4.53. The molecule has 34 heavy (non-hydrogen) atoms. The summed E-state index contributed by atoms with van der Waals surface area (Å²) in [4.78, 5) is 24.9. The van der Waals surface area contributed by atoms with Gasteiger partial charge in [-0.1, -0.05) is 43.8 Å². The Hall–Kier alpha value is -4.04. The van der Waals surface area contributed by atoms with Gasteiger partial charge in [-0.3, -0.25) is 9.47 Å². The van der Waals surface area contributed by atoms with Gasteiger partial charge in [0.25, 0.3) is 0 Å². The summed E-state index contributed by atoms with van der Waals surface area (Å²) in [5, 5.41) is 4.94. The third-order valence-corrected chi connectivity index (χ3v) is 6.18. The van der Waals surface area contributed by atoms with Gasteiger partial charge >= 0.3 is 5.69 Å². The smallest absolute Gasteiger partial charge is 0.352 e. The molecule has 172 valence electrons. The summed E-state index contributed by atoms with van der Waals surface area (Å²) in [6.45, 7) is 2.88. The minimum Gasteiger partial charge on any atom is -0.497 e. The van der Waals surface area contributed by atoms with Crippen molar-refractivity contribution in [3.05, 3.63) is 99.9 Å². The Balaban J connectivity index is 0.00000241. The minimum absolute atomic E-state index is 0. The summed E-state index contributed by atoms with van der Waals surface area (Å²) in [5.41, 5.74) is 5.49. The van der Waals surface area contributed by atoms with Gasteiger partial charge in [0, 0.05) is 19.6 Å². The first kappa shape index (κ1) is 21.8. The lowest BCUT2D eigenvalue weighted by Gasteiger charge is -2.16. The normalized spacial score (nSPS) is 13.2. The van der Waals surface area contributed by atoms with Crippen LogP contribution < -0.4 is 10.4 Å². The second-order valence-electron chi connectivity index (χ2n) is 8.30. The summed E-state index contributed by atoms with van der Waals surface area (Å²) in [6, 6.07) is 20.2. The molecule has 6 rings (SSSR count). The van der Waals surface area contributed by atoms with E-state index in [0.717, 1.165) is 35.5 Å². The molecule has 0 saturated carbocycles. The van der Waals surface area contributed by atoms with Gasteiger partial charge in [-0.05, 0) is 41.0 Å². The molecule has 0 unspecified atom stereocenters. The van der Waals surface area contributed by atoms with Gasteiger partial charge in [-0.2, -0.15) is 9.61 Å². The summed E-state index contributed by atoms with van der Waals surface area (Å²) in [5.74, 6) is 0.773. The van der Waals surface area contributed by atoms with E-state index in [1.54, 1.807) is 11.7 Å². The number of nitrogens with zero attached hydrogens (tertiary/aromatic N) is 6. The molecule has 0 spiro atoms. The predicted octanol–water partition coefficient (Wildman–Crippen LogP) is 3.65. The molecular formula is C26H26N6O2. The van der Waals surface area contributed by atoms with Crippen molar-refractivity contribution < 1.29 is 4.74 Å². The number of aromatic nitrogens is 5. The fourth-order valence-electron chi connectivity index (χ4n) is 4.53. The molecule has 4 heterocycles. The molecule has 8 heteroatoms.